The highest BCUT2D eigenvalue weighted by molar-refractivity contribution is 6.10. The standard InChI is InChI=1S/C51H39NO/c1-34-28-29-47-46-27-15-26-45(50(46)53-51(47)49(34)44-31-30-38(35-16-5-2-6-17-35)39-22-11-12-24-41(39)44)42-32-33-48(43-25-14-13-23-40(42)43)52(36-18-7-3-8-19-36)37-20-9-4-10-21-37/h2-20,22-34,37,49H,21H2,1H3. The Bertz CT molecular complexity index is 2730. The van der Waals surface area contributed by atoms with Crippen LogP contribution >= 0.6 is 0 Å². The van der Waals surface area contributed by atoms with Gasteiger partial charge < -0.3 is 9.32 Å². The zero-order valence-electron chi connectivity index (χ0n) is 29.7. The Labute approximate surface area is 310 Å². The summed E-state index contributed by atoms with van der Waals surface area (Å²) in [6, 6.07) is 55.3. The first-order valence-corrected chi connectivity index (χ1v) is 18.7. The van der Waals surface area contributed by atoms with Gasteiger partial charge in [-0.25, -0.2) is 0 Å². The van der Waals surface area contributed by atoms with Crippen LogP contribution in [0.2, 0.25) is 0 Å². The third-order valence-corrected chi connectivity index (χ3v) is 11.3. The van der Waals surface area contributed by atoms with E-state index in [2.05, 4.69) is 200 Å². The average molecular weight is 682 g/mol. The summed E-state index contributed by atoms with van der Waals surface area (Å²) in [5, 5.41) is 6.15. The Morgan fingerprint density at radius 1 is 0.547 bits per heavy atom. The van der Waals surface area contributed by atoms with Crippen LogP contribution in [0.15, 0.2) is 186 Å². The van der Waals surface area contributed by atoms with Crippen LogP contribution in [0.5, 0.6) is 0 Å². The van der Waals surface area contributed by atoms with Crippen molar-refractivity contribution in [3.05, 3.63) is 199 Å². The second-order valence-corrected chi connectivity index (χ2v) is 14.4. The molecule has 0 saturated carbocycles. The molecule has 2 aliphatic rings. The quantitative estimate of drug-likeness (QED) is 0.174. The van der Waals surface area contributed by atoms with E-state index in [9.17, 15) is 0 Å². The van der Waals surface area contributed by atoms with Crippen molar-refractivity contribution in [3.63, 3.8) is 0 Å². The molecule has 0 N–H and O–H groups in total. The SMILES string of the molecule is CC1C=Cc2c(oc3c(-c4ccc(N(c5ccccc5)C5C=CC=CC5)c5ccccc45)cccc23)C1c1ccc(-c2ccccc2)c2ccccc12. The van der Waals surface area contributed by atoms with E-state index in [4.69, 9.17) is 4.42 Å². The lowest BCUT2D eigenvalue weighted by atomic mass is 9.77. The maximum atomic E-state index is 7.19. The molecule has 0 radical (unpaired) electrons. The van der Waals surface area contributed by atoms with Gasteiger partial charge in [0.25, 0.3) is 0 Å². The molecule has 7 aromatic carbocycles. The second-order valence-electron chi connectivity index (χ2n) is 14.4. The zero-order valence-corrected chi connectivity index (χ0v) is 29.7. The van der Waals surface area contributed by atoms with Crippen molar-refractivity contribution in [1.82, 2.24) is 0 Å². The van der Waals surface area contributed by atoms with Gasteiger partial charge in [0.15, 0.2) is 0 Å². The molecule has 53 heavy (non-hydrogen) atoms. The first kappa shape index (κ1) is 31.4. The maximum Gasteiger partial charge on any atom is 0.142 e. The number of anilines is 2. The molecule has 2 aliphatic carbocycles. The lowest BCUT2D eigenvalue weighted by molar-refractivity contribution is 0.471. The molecule has 0 fully saturated rings. The molecule has 2 heteroatoms. The molecule has 10 rings (SSSR count). The minimum absolute atomic E-state index is 0.0844. The van der Waals surface area contributed by atoms with Gasteiger partial charge in [-0.15, -0.1) is 0 Å². The summed E-state index contributed by atoms with van der Waals surface area (Å²) < 4.78 is 7.19. The van der Waals surface area contributed by atoms with Crippen molar-refractivity contribution in [1.29, 1.82) is 0 Å². The second kappa shape index (κ2) is 13.0. The summed E-state index contributed by atoms with van der Waals surface area (Å²) in [6.45, 7) is 2.32. The summed E-state index contributed by atoms with van der Waals surface area (Å²) in [5.74, 6) is 1.40. The van der Waals surface area contributed by atoms with Crippen LogP contribution in [0, 0.1) is 5.92 Å². The fourth-order valence-corrected chi connectivity index (χ4v) is 8.84. The Kier molecular flexibility index (Phi) is 7.69. The van der Waals surface area contributed by atoms with E-state index in [1.165, 1.54) is 60.7 Å². The molecule has 3 atom stereocenters. The van der Waals surface area contributed by atoms with Crippen LogP contribution in [0.25, 0.3) is 60.8 Å². The van der Waals surface area contributed by atoms with E-state index in [1.54, 1.807) is 0 Å². The van der Waals surface area contributed by atoms with Gasteiger partial charge in [0.1, 0.15) is 11.3 Å². The minimum atomic E-state index is 0.0844. The van der Waals surface area contributed by atoms with E-state index in [1.807, 2.05) is 0 Å². The smallest absolute Gasteiger partial charge is 0.142 e. The number of fused-ring (bicyclic) bond motifs is 5. The Hall–Kier alpha value is -6.38. The van der Waals surface area contributed by atoms with Gasteiger partial charge in [-0.3, -0.25) is 0 Å². The lowest BCUT2D eigenvalue weighted by Crippen LogP contribution is -2.29. The Morgan fingerprint density at radius 3 is 2.00 bits per heavy atom. The first-order chi connectivity index (χ1) is 26.2. The molecule has 254 valence electrons. The summed E-state index contributed by atoms with van der Waals surface area (Å²) in [4.78, 5) is 2.49. The van der Waals surface area contributed by atoms with Crippen LogP contribution in [0.4, 0.5) is 11.4 Å². The number of rotatable bonds is 6. The van der Waals surface area contributed by atoms with Gasteiger partial charge in [0.2, 0.25) is 0 Å². The number of hydrogen-bond acceptors (Lipinski definition) is 2. The van der Waals surface area contributed by atoms with Crippen LogP contribution in [-0.4, -0.2) is 6.04 Å². The minimum Gasteiger partial charge on any atom is -0.459 e. The van der Waals surface area contributed by atoms with E-state index in [-0.39, 0.29) is 17.9 Å². The maximum absolute atomic E-state index is 7.19. The highest BCUT2D eigenvalue weighted by Crippen LogP contribution is 2.49. The molecule has 0 saturated heterocycles. The van der Waals surface area contributed by atoms with E-state index in [0.717, 1.165) is 28.7 Å². The van der Waals surface area contributed by atoms with Gasteiger partial charge in [0, 0.05) is 39.2 Å². The predicted molar refractivity (Wildman–Crippen MR) is 224 cm³/mol. The first-order valence-electron chi connectivity index (χ1n) is 18.7. The number of nitrogens with zero attached hydrogens (tertiary/aromatic N) is 1. The molecule has 0 spiro atoms. The van der Waals surface area contributed by atoms with E-state index < -0.39 is 0 Å². The number of hydrogen-bond donors (Lipinski definition) is 0. The zero-order chi connectivity index (χ0) is 35.3. The fourth-order valence-electron chi connectivity index (χ4n) is 8.84. The molecule has 1 aromatic heterocycles. The normalized spacial score (nSPS) is 17.8. The van der Waals surface area contributed by atoms with Crippen LogP contribution < -0.4 is 4.90 Å². The third-order valence-electron chi connectivity index (χ3n) is 11.3. The molecule has 0 bridgehead atoms. The van der Waals surface area contributed by atoms with Crippen molar-refractivity contribution in [2.75, 3.05) is 4.90 Å². The van der Waals surface area contributed by atoms with Gasteiger partial charge in [-0.2, -0.15) is 0 Å². The van der Waals surface area contributed by atoms with E-state index >= 15 is 0 Å². The summed E-state index contributed by atoms with van der Waals surface area (Å²) >= 11 is 0. The van der Waals surface area contributed by atoms with Gasteiger partial charge in [0.05, 0.1) is 6.04 Å². The molecule has 2 nitrogen and oxygen atoms in total. The Balaban J connectivity index is 1.13. The third kappa shape index (κ3) is 5.25. The molecule has 0 aliphatic heterocycles. The summed E-state index contributed by atoms with van der Waals surface area (Å²) in [6.07, 6.45) is 14.5. The summed E-state index contributed by atoms with van der Waals surface area (Å²) in [7, 11) is 0. The van der Waals surface area contributed by atoms with Crippen LogP contribution in [0.1, 0.15) is 36.1 Å². The van der Waals surface area contributed by atoms with Crippen LogP contribution in [-0.2, 0) is 0 Å². The fraction of sp³-hybridized carbons (Fsp3) is 0.0980. The van der Waals surface area contributed by atoms with Crippen molar-refractivity contribution < 1.29 is 4.42 Å². The van der Waals surface area contributed by atoms with Crippen molar-refractivity contribution in [3.8, 4) is 22.3 Å². The Morgan fingerprint density at radius 2 is 1.23 bits per heavy atom. The molecule has 0 amide bonds. The molecule has 3 unspecified atom stereocenters. The monoisotopic (exact) mass is 681 g/mol. The van der Waals surface area contributed by atoms with Crippen molar-refractivity contribution in [2.24, 2.45) is 5.92 Å². The largest absolute Gasteiger partial charge is 0.459 e. The predicted octanol–water partition coefficient (Wildman–Crippen LogP) is 13.9. The van der Waals surface area contributed by atoms with Gasteiger partial charge in [-0.05, 0) is 69.0 Å². The number of furan rings is 1. The van der Waals surface area contributed by atoms with Crippen LogP contribution in [0.3, 0.4) is 0 Å². The average Bonchev–Trinajstić information content (AvgIpc) is 3.61. The van der Waals surface area contributed by atoms with Crippen molar-refractivity contribution >= 4 is 50.0 Å². The van der Waals surface area contributed by atoms with E-state index in [0.29, 0.717) is 0 Å². The topological polar surface area (TPSA) is 16.4 Å². The number of allylic oxidation sites excluding steroid dienone is 3. The molecular weight excluding hydrogens is 643 g/mol. The summed E-state index contributed by atoms with van der Waals surface area (Å²) in [5.41, 5.74) is 10.6. The molecule has 1 heterocycles. The van der Waals surface area contributed by atoms with Gasteiger partial charge in [-0.1, -0.05) is 177 Å². The highest BCUT2D eigenvalue weighted by atomic mass is 16.3. The molecule has 8 aromatic rings. The molecular formula is C51H39NO. The van der Waals surface area contributed by atoms with Gasteiger partial charge >= 0.3 is 0 Å². The lowest BCUT2D eigenvalue weighted by Gasteiger charge is -2.33. The highest BCUT2D eigenvalue weighted by Gasteiger charge is 2.32. The number of benzene rings is 7. The number of para-hydroxylation sites is 2. The van der Waals surface area contributed by atoms with Crippen molar-refractivity contribution in [2.45, 2.75) is 25.3 Å².